The first-order chi connectivity index (χ1) is 28.4. The van der Waals surface area contributed by atoms with E-state index in [2.05, 4.69) is 71.5 Å². The number of benzene rings is 1. The van der Waals surface area contributed by atoms with Crippen LogP contribution in [0.2, 0.25) is 0 Å². The summed E-state index contributed by atoms with van der Waals surface area (Å²) in [6, 6.07) is 22.3. The fraction of sp³-hybridized carbons (Fsp3) is 0.293. The van der Waals surface area contributed by atoms with Crippen LogP contribution in [0.5, 0.6) is 0 Å². The van der Waals surface area contributed by atoms with Crippen LogP contribution in [0.1, 0.15) is 35.4 Å². The smallest absolute Gasteiger partial charge is 0.183 e. The Balaban J connectivity index is 0.000000147. The fourth-order valence-electron chi connectivity index (χ4n) is 6.69. The first-order valence-electron chi connectivity index (χ1n) is 19.1. The molecule has 8 heterocycles. The summed E-state index contributed by atoms with van der Waals surface area (Å²) in [5.74, 6) is 3.75. The van der Waals surface area contributed by atoms with Crippen molar-refractivity contribution in [2.24, 2.45) is 0 Å². The van der Waals surface area contributed by atoms with Crippen molar-refractivity contribution < 1.29 is 5.11 Å². The topological polar surface area (TPSA) is 166 Å². The van der Waals surface area contributed by atoms with Crippen molar-refractivity contribution in [1.82, 2.24) is 29.2 Å². The Morgan fingerprint density at radius 1 is 0.793 bits per heavy atom. The molecule has 1 aromatic carbocycles. The minimum Gasteiger partial charge on any atom is -0.396 e. The summed E-state index contributed by atoms with van der Waals surface area (Å²) in [5, 5.41) is 28.9. The lowest BCUT2D eigenvalue weighted by atomic mass is 10.3. The first-order valence-corrected chi connectivity index (χ1v) is 22.7. The van der Waals surface area contributed by atoms with Crippen LogP contribution >= 0.6 is 46.2 Å². The molecule has 13 nitrogen and oxygen atoms in total. The highest BCUT2D eigenvalue weighted by Gasteiger charge is 2.21. The zero-order valence-electron chi connectivity index (χ0n) is 32.2. The molecule has 302 valence electrons. The Kier molecular flexibility index (Phi) is 14.2. The molecule has 7 aromatic rings. The highest BCUT2D eigenvalue weighted by Crippen LogP contribution is 2.31. The summed E-state index contributed by atoms with van der Waals surface area (Å²) >= 11 is 6.60. The third kappa shape index (κ3) is 10.3. The quantitative estimate of drug-likeness (QED) is 0.0650. The zero-order valence-corrected chi connectivity index (χ0v) is 35.5. The lowest BCUT2D eigenvalue weighted by molar-refractivity contribution is 0.322. The number of allylic oxidation sites excluding steroid dienone is 1. The average molecular weight is 853 g/mol. The number of nitrogen functional groups attached to an aromatic ring is 2. The van der Waals surface area contributed by atoms with Gasteiger partial charge in [0.25, 0.3) is 0 Å². The van der Waals surface area contributed by atoms with E-state index < -0.39 is 0 Å². The number of hydrogen-bond donors (Lipinski definition) is 4. The minimum absolute atomic E-state index is 0.142. The monoisotopic (exact) mass is 852 g/mol. The molecule has 0 bridgehead atoms. The van der Waals surface area contributed by atoms with Gasteiger partial charge < -0.3 is 36.7 Å². The number of anilines is 5. The third-order valence-electron chi connectivity index (χ3n) is 9.48. The van der Waals surface area contributed by atoms with Crippen molar-refractivity contribution in [3.05, 3.63) is 111 Å². The molecule has 0 radical (unpaired) electrons. The van der Waals surface area contributed by atoms with Gasteiger partial charge in [-0.15, -0.1) is 34.4 Å². The lowest BCUT2D eigenvalue weighted by Gasteiger charge is -2.23. The van der Waals surface area contributed by atoms with Crippen molar-refractivity contribution >= 4 is 92.7 Å². The molecule has 2 saturated heterocycles. The molecular weight excluding hydrogens is 805 g/mol. The number of nitrogens with two attached hydrogens (primary N) is 2. The molecular formula is C41H48N12OS4. The normalized spacial score (nSPS) is 13.7. The maximum atomic E-state index is 8.92. The molecule has 2 fully saturated rings. The summed E-state index contributed by atoms with van der Waals surface area (Å²) in [6.07, 6.45) is 9.75. The molecule has 0 spiro atoms. The average Bonchev–Trinajstić information content (AvgIpc) is 4.09. The molecule has 6 aromatic heterocycles. The van der Waals surface area contributed by atoms with E-state index in [-0.39, 0.29) is 6.61 Å². The first kappa shape index (κ1) is 41.1. The number of fused-ring (bicyclic) bond motifs is 2. The van der Waals surface area contributed by atoms with Gasteiger partial charge in [0, 0.05) is 69.8 Å². The number of aliphatic hydroxyl groups is 1. The lowest BCUT2D eigenvalue weighted by Crippen LogP contribution is -2.22. The molecule has 9 rings (SSSR count). The molecule has 2 aliphatic heterocycles. The second-order valence-electron chi connectivity index (χ2n) is 13.6. The van der Waals surface area contributed by atoms with Gasteiger partial charge in [0.1, 0.15) is 29.0 Å². The van der Waals surface area contributed by atoms with E-state index in [1.807, 2.05) is 48.7 Å². The Morgan fingerprint density at radius 3 is 1.88 bits per heavy atom. The number of hydrogen-bond acceptors (Lipinski definition) is 15. The van der Waals surface area contributed by atoms with Crippen LogP contribution in [0, 0.1) is 5.41 Å². The molecule has 0 unspecified atom stereocenters. The highest BCUT2D eigenvalue weighted by atomic mass is 32.2. The molecule has 58 heavy (non-hydrogen) atoms. The molecule has 0 amide bonds. The van der Waals surface area contributed by atoms with E-state index in [9.17, 15) is 0 Å². The minimum atomic E-state index is 0.142. The van der Waals surface area contributed by atoms with Gasteiger partial charge in [0.05, 0.1) is 37.0 Å². The number of thiophene rings is 2. The Morgan fingerprint density at radius 2 is 1.34 bits per heavy atom. The number of aromatic nitrogens is 6. The van der Waals surface area contributed by atoms with Gasteiger partial charge >= 0.3 is 0 Å². The van der Waals surface area contributed by atoms with E-state index in [4.69, 9.17) is 27.0 Å². The van der Waals surface area contributed by atoms with Crippen LogP contribution in [0.25, 0.3) is 11.3 Å². The van der Waals surface area contributed by atoms with Crippen LogP contribution in [-0.4, -0.2) is 79.1 Å². The van der Waals surface area contributed by atoms with E-state index in [0.717, 1.165) is 82.6 Å². The molecule has 0 saturated carbocycles. The Bertz CT molecular complexity index is 2330. The van der Waals surface area contributed by atoms with Gasteiger partial charge in [-0.25, -0.2) is 9.97 Å². The zero-order chi connectivity index (χ0) is 40.3. The van der Waals surface area contributed by atoms with Gasteiger partial charge in [-0.2, -0.15) is 19.2 Å². The standard InChI is InChI=1S/C20H22N6S2.C12H17N5OS.C9H9NS/c21-18-11-19(24-7-1-2-8-24)23-20-17(12-22-26(18)20)25(13-15-5-3-9-27-15)14-16-6-4-10-28-16;13-10-7-11(16-3-1-2-4-16)15-12-9(19-6-5-18)8-14-17(10)12;1-8(7-10)11-9-5-3-2-4-6-9/h3-6,9-12H,1-2,7-8,13-14,21H2;7-8,18H,1-6,13H2;2-7,10H,1H2. The third-order valence-corrected chi connectivity index (χ3v) is 13.1. The number of nitrogens with zero attached hydrogens (tertiary/aromatic N) is 9. The predicted octanol–water partition coefficient (Wildman–Crippen LogP) is 8.18. The van der Waals surface area contributed by atoms with Crippen LogP contribution < -0.4 is 26.2 Å². The van der Waals surface area contributed by atoms with Crippen molar-refractivity contribution in [2.45, 2.75) is 48.6 Å². The van der Waals surface area contributed by atoms with Gasteiger partial charge in [-0.3, -0.25) is 0 Å². The van der Waals surface area contributed by atoms with E-state index in [1.165, 1.54) is 53.4 Å². The van der Waals surface area contributed by atoms with Gasteiger partial charge in [-0.1, -0.05) is 48.7 Å². The van der Waals surface area contributed by atoms with Crippen LogP contribution in [0.4, 0.5) is 29.0 Å². The van der Waals surface area contributed by atoms with Gasteiger partial charge in [0.2, 0.25) is 0 Å². The van der Waals surface area contributed by atoms with Crippen LogP contribution in [-0.2, 0) is 13.1 Å². The molecule has 2 aliphatic rings. The second kappa shape index (κ2) is 20.1. The number of thioether (sulfide) groups is 2. The van der Waals surface area contributed by atoms with E-state index in [0.29, 0.717) is 17.4 Å². The maximum Gasteiger partial charge on any atom is 0.183 e. The van der Waals surface area contributed by atoms with E-state index in [1.54, 1.807) is 49.7 Å². The maximum absolute atomic E-state index is 8.92. The Labute approximate surface area is 354 Å². The van der Waals surface area contributed by atoms with Gasteiger partial charge in [-0.05, 0) is 60.7 Å². The molecule has 0 atom stereocenters. The number of rotatable bonds is 13. The molecule has 0 aliphatic carbocycles. The Hall–Kier alpha value is -5.07. The molecule has 6 N–H and O–H groups in total. The van der Waals surface area contributed by atoms with Gasteiger partial charge in [0.15, 0.2) is 11.3 Å². The van der Waals surface area contributed by atoms with Crippen molar-refractivity contribution in [3.63, 3.8) is 0 Å². The second-order valence-corrected chi connectivity index (χ2v) is 18.0. The SMILES string of the molecule is C=C(C=N)Sc1ccccc1.Nc1cc(N2CCCC2)nc2c(N(Cc3cccs3)Cc3cccs3)cnn12.Nc1cc(N2CCCC2)nc2c(SCCO)cnn12. The summed E-state index contributed by atoms with van der Waals surface area (Å²) in [6.45, 7) is 9.64. The fourth-order valence-corrected chi connectivity index (χ4v) is 9.48. The number of nitrogens with one attached hydrogen (secondary N) is 1. The summed E-state index contributed by atoms with van der Waals surface area (Å²) in [4.78, 5) is 22.0. The highest BCUT2D eigenvalue weighted by molar-refractivity contribution is 8.03. The number of aliphatic hydroxyl groups excluding tert-OH is 1. The summed E-state index contributed by atoms with van der Waals surface area (Å²) in [7, 11) is 0. The largest absolute Gasteiger partial charge is 0.396 e. The van der Waals surface area contributed by atoms with E-state index >= 15 is 0 Å². The summed E-state index contributed by atoms with van der Waals surface area (Å²) in [5.41, 5.74) is 15.0. The summed E-state index contributed by atoms with van der Waals surface area (Å²) < 4.78 is 3.41. The van der Waals surface area contributed by atoms with Crippen molar-refractivity contribution in [1.29, 1.82) is 5.41 Å². The molecule has 17 heteroatoms. The van der Waals surface area contributed by atoms with Crippen LogP contribution in [0.15, 0.2) is 111 Å². The predicted molar refractivity (Wildman–Crippen MR) is 244 cm³/mol. The van der Waals surface area contributed by atoms with Crippen molar-refractivity contribution in [2.75, 3.05) is 64.7 Å². The van der Waals surface area contributed by atoms with Crippen molar-refractivity contribution in [3.8, 4) is 0 Å². The van der Waals surface area contributed by atoms with Crippen LogP contribution in [0.3, 0.4) is 0 Å².